The van der Waals surface area contributed by atoms with Crippen LogP contribution in [0.1, 0.15) is 18.9 Å². The zero-order valence-electron chi connectivity index (χ0n) is 10.7. The van der Waals surface area contributed by atoms with Crippen molar-refractivity contribution in [2.75, 3.05) is 23.6 Å². The van der Waals surface area contributed by atoms with Gasteiger partial charge in [0.2, 0.25) is 10.0 Å². The molecule has 1 aromatic carbocycles. The number of halogens is 1. The Hall–Kier alpha value is -0.780. The Morgan fingerprint density at radius 1 is 1.33 bits per heavy atom. The third-order valence-electron chi connectivity index (χ3n) is 2.40. The van der Waals surface area contributed by atoms with Gasteiger partial charge in [0.25, 0.3) is 0 Å². The predicted molar refractivity (Wildman–Crippen MR) is 76.8 cm³/mol. The van der Waals surface area contributed by atoms with Crippen molar-refractivity contribution in [1.29, 1.82) is 0 Å². The van der Waals surface area contributed by atoms with E-state index in [1.165, 1.54) is 0 Å². The van der Waals surface area contributed by atoms with E-state index in [-0.39, 0.29) is 5.75 Å². The van der Waals surface area contributed by atoms with E-state index < -0.39 is 10.0 Å². The quantitative estimate of drug-likeness (QED) is 0.758. The predicted octanol–water partition coefficient (Wildman–Crippen LogP) is 2.39. The number of anilines is 1. The number of rotatable bonds is 7. The topological polar surface area (TPSA) is 58.2 Å². The van der Waals surface area contributed by atoms with Gasteiger partial charge in [0, 0.05) is 0 Å². The molecule has 0 unspecified atom stereocenters. The molecule has 1 rings (SSSR count). The van der Waals surface area contributed by atoms with Crippen molar-refractivity contribution in [2.45, 2.75) is 20.3 Å². The van der Waals surface area contributed by atoms with Gasteiger partial charge in [-0.25, -0.2) is 8.42 Å². The second-order valence-corrected chi connectivity index (χ2v) is 6.36. The lowest BCUT2D eigenvalue weighted by Gasteiger charge is -2.10. The van der Waals surface area contributed by atoms with E-state index in [1.54, 1.807) is 12.1 Å². The van der Waals surface area contributed by atoms with Crippen LogP contribution in [0.15, 0.2) is 18.2 Å². The van der Waals surface area contributed by atoms with Gasteiger partial charge in [-0.3, -0.25) is 4.72 Å². The Bertz CT molecular complexity index is 489. The molecule has 4 nitrogen and oxygen atoms in total. The summed E-state index contributed by atoms with van der Waals surface area (Å²) < 4.78 is 26.2. The summed E-state index contributed by atoms with van der Waals surface area (Å²) >= 11 is 5.95. The monoisotopic (exact) mass is 290 g/mol. The van der Waals surface area contributed by atoms with Crippen LogP contribution in [0, 0.1) is 6.92 Å². The van der Waals surface area contributed by atoms with E-state index in [2.05, 4.69) is 10.0 Å². The molecule has 102 valence electrons. The Morgan fingerprint density at radius 2 is 2.06 bits per heavy atom. The molecule has 0 spiro atoms. The normalized spacial score (nSPS) is 11.5. The van der Waals surface area contributed by atoms with Gasteiger partial charge in [-0.15, -0.1) is 0 Å². The van der Waals surface area contributed by atoms with Crippen molar-refractivity contribution in [3.63, 3.8) is 0 Å². The largest absolute Gasteiger partial charge is 0.317 e. The molecule has 0 fully saturated rings. The van der Waals surface area contributed by atoms with Crippen LogP contribution in [0.25, 0.3) is 0 Å². The molecule has 0 amide bonds. The van der Waals surface area contributed by atoms with Crippen molar-refractivity contribution in [2.24, 2.45) is 0 Å². The Labute approximate surface area is 114 Å². The van der Waals surface area contributed by atoms with E-state index in [1.807, 2.05) is 19.9 Å². The van der Waals surface area contributed by atoms with Crippen molar-refractivity contribution in [3.05, 3.63) is 28.8 Å². The number of benzene rings is 1. The van der Waals surface area contributed by atoms with Gasteiger partial charge in [-0.2, -0.15) is 0 Å². The van der Waals surface area contributed by atoms with Crippen LogP contribution in [0.3, 0.4) is 0 Å². The van der Waals surface area contributed by atoms with Crippen molar-refractivity contribution >= 4 is 27.3 Å². The maximum atomic E-state index is 11.8. The Balaban J connectivity index is 2.62. The van der Waals surface area contributed by atoms with Gasteiger partial charge in [0.05, 0.1) is 16.5 Å². The first-order chi connectivity index (χ1) is 8.44. The van der Waals surface area contributed by atoms with Crippen LogP contribution in [0.5, 0.6) is 0 Å². The molecule has 0 heterocycles. The number of hydrogen-bond acceptors (Lipinski definition) is 3. The number of sulfonamides is 1. The fraction of sp³-hybridized carbons (Fsp3) is 0.500. The SMILES string of the molecule is CCNCCCS(=O)(=O)Nc1cc(C)ccc1Cl. The molecule has 0 radical (unpaired) electrons. The van der Waals surface area contributed by atoms with Crippen LogP contribution in [0.4, 0.5) is 5.69 Å². The highest BCUT2D eigenvalue weighted by Gasteiger charge is 2.12. The van der Waals surface area contributed by atoms with E-state index in [4.69, 9.17) is 11.6 Å². The van der Waals surface area contributed by atoms with Crippen LogP contribution >= 0.6 is 11.6 Å². The lowest BCUT2D eigenvalue weighted by Crippen LogP contribution is -2.22. The van der Waals surface area contributed by atoms with Crippen molar-refractivity contribution < 1.29 is 8.42 Å². The average Bonchev–Trinajstić information content (AvgIpc) is 2.29. The molecule has 0 saturated heterocycles. The first kappa shape index (κ1) is 15.3. The molecule has 0 aliphatic carbocycles. The lowest BCUT2D eigenvalue weighted by atomic mass is 10.2. The highest BCUT2D eigenvalue weighted by atomic mass is 35.5. The van der Waals surface area contributed by atoms with Gasteiger partial charge in [-0.05, 0) is 44.1 Å². The van der Waals surface area contributed by atoms with Crippen molar-refractivity contribution in [1.82, 2.24) is 5.32 Å². The molecule has 2 N–H and O–H groups in total. The third kappa shape index (κ3) is 5.25. The Kier molecular flexibility index (Phi) is 5.91. The zero-order valence-corrected chi connectivity index (χ0v) is 12.2. The highest BCUT2D eigenvalue weighted by molar-refractivity contribution is 7.92. The Morgan fingerprint density at radius 3 is 2.72 bits per heavy atom. The minimum Gasteiger partial charge on any atom is -0.317 e. The maximum absolute atomic E-state index is 11.8. The van der Waals surface area contributed by atoms with Crippen LogP contribution in [-0.2, 0) is 10.0 Å². The van der Waals surface area contributed by atoms with Gasteiger partial charge >= 0.3 is 0 Å². The number of aryl methyl sites for hydroxylation is 1. The molecular weight excluding hydrogens is 272 g/mol. The molecule has 0 atom stereocenters. The van der Waals surface area contributed by atoms with E-state index in [9.17, 15) is 8.42 Å². The van der Waals surface area contributed by atoms with Crippen molar-refractivity contribution in [3.8, 4) is 0 Å². The standard InChI is InChI=1S/C12H19ClN2O2S/c1-3-14-7-4-8-18(16,17)15-12-9-10(2)5-6-11(12)13/h5-6,9,14-15H,3-4,7-8H2,1-2H3. The number of nitrogens with one attached hydrogen (secondary N) is 2. The fourth-order valence-electron chi connectivity index (χ4n) is 1.50. The summed E-state index contributed by atoms with van der Waals surface area (Å²) in [6.45, 7) is 5.41. The molecule has 0 aliphatic rings. The van der Waals surface area contributed by atoms with Crippen LogP contribution in [-0.4, -0.2) is 27.3 Å². The molecular formula is C12H19ClN2O2S. The third-order valence-corrected chi connectivity index (χ3v) is 4.09. The minimum atomic E-state index is -3.33. The van der Waals surface area contributed by atoms with Crippen LogP contribution < -0.4 is 10.0 Å². The summed E-state index contributed by atoms with van der Waals surface area (Å²) in [5.74, 6) is 0.0876. The molecule has 0 saturated carbocycles. The summed E-state index contributed by atoms with van der Waals surface area (Å²) in [4.78, 5) is 0. The molecule has 0 bridgehead atoms. The highest BCUT2D eigenvalue weighted by Crippen LogP contribution is 2.23. The molecule has 18 heavy (non-hydrogen) atoms. The van der Waals surface area contributed by atoms with Crippen LogP contribution in [0.2, 0.25) is 5.02 Å². The summed E-state index contributed by atoms with van der Waals surface area (Å²) in [6.07, 6.45) is 0.576. The number of hydrogen-bond donors (Lipinski definition) is 2. The molecule has 0 aromatic heterocycles. The first-order valence-electron chi connectivity index (χ1n) is 5.92. The molecule has 0 aliphatic heterocycles. The lowest BCUT2D eigenvalue weighted by molar-refractivity contribution is 0.595. The van der Waals surface area contributed by atoms with Gasteiger partial charge in [0.15, 0.2) is 0 Å². The maximum Gasteiger partial charge on any atom is 0.232 e. The second-order valence-electron chi connectivity index (χ2n) is 4.11. The smallest absolute Gasteiger partial charge is 0.232 e. The van der Waals surface area contributed by atoms with Gasteiger partial charge < -0.3 is 5.32 Å². The fourth-order valence-corrected chi connectivity index (χ4v) is 2.85. The first-order valence-corrected chi connectivity index (χ1v) is 7.95. The minimum absolute atomic E-state index is 0.0876. The summed E-state index contributed by atoms with van der Waals surface area (Å²) in [6, 6.07) is 5.25. The van der Waals surface area contributed by atoms with Gasteiger partial charge in [0.1, 0.15) is 0 Å². The van der Waals surface area contributed by atoms with E-state index in [0.717, 1.165) is 12.1 Å². The van der Waals surface area contributed by atoms with Gasteiger partial charge in [-0.1, -0.05) is 24.6 Å². The summed E-state index contributed by atoms with van der Waals surface area (Å²) in [5.41, 5.74) is 1.41. The average molecular weight is 291 g/mol. The molecule has 6 heteroatoms. The van der Waals surface area contributed by atoms with E-state index >= 15 is 0 Å². The van der Waals surface area contributed by atoms with E-state index in [0.29, 0.717) is 23.7 Å². The summed E-state index contributed by atoms with van der Waals surface area (Å²) in [5, 5.41) is 3.50. The summed E-state index contributed by atoms with van der Waals surface area (Å²) in [7, 11) is -3.33. The second kappa shape index (κ2) is 6.97. The zero-order chi connectivity index (χ0) is 13.6. The molecule has 1 aromatic rings.